The summed E-state index contributed by atoms with van der Waals surface area (Å²) in [6, 6.07) is -4.31. The number of aliphatic hydroxyl groups is 2. The first kappa shape index (κ1) is 20.3. The third kappa shape index (κ3) is 5.98. The molecule has 0 spiro atoms. The number of primary amides is 2. The number of rotatable bonds is 9. The fourth-order valence-corrected chi connectivity index (χ4v) is 1.79. The van der Waals surface area contributed by atoms with Gasteiger partial charge in [0.2, 0.25) is 17.7 Å². The average molecular weight is 359 g/mol. The molecule has 4 amide bonds. The van der Waals surface area contributed by atoms with Crippen molar-refractivity contribution < 1.29 is 29.1 Å². The number of amides is 4. The Bertz CT molecular complexity index is 619. The molecule has 0 saturated carbocycles. The second kappa shape index (κ2) is 8.91. The van der Waals surface area contributed by atoms with Crippen molar-refractivity contribution >= 4 is 17.8 Å². The number of nitrogens with two attached hydrogens (primary N) is 3. The van der Waals surface area contributed by atoms with Crippen molar-refractivity contribution in [2.75, 3.05) is 6.61 Å². The van der Waals surface area contributed by atoms with Gasteiger partial charge in [-0.2, -0.15) is 4.98 Å². The minimum atomic E-state index is -1.35. The van der Waals surface area contributed by atoms with Crippen molar-refractivity contribution in [3.05, 3.63) is 11.7 Å². The maximum absolute atomic E-state index is 12.0. The molecule has 2 unspecified atom stereocenters. The number of aliphatic hydroxyl groups excluding tert-OH is 2. The number of carbonyl (C=O) groups excluding carboxylic acids is 3. The van der Waals surface area contributed by atoms with Crippen LogP contribution in [0.15, 0.2) is 4.52 Å². The van der Waals surface area contributed by atoms with Crippen LogP contribution in [0.2, 0.25) is 0 Å². The molecule has 0 aliphatic rings. The Kier molecular flexibility index (Phi) is 7.22. The first-order valence-corrected chi connectivity index (χ1v) is 7.18. The van der Waals surface area contributed by atoms with E-state index in [4.69, 9.17) is 26.8 Å². The van der Waals surface area contributed by atoms with Gasteiger partial charge in [0.25, 0.3) is 0 Å². The number of aromatic nitrogens is 2. The van der Waals surface area contributed by atoms with Gasteiger partial charge in [-0.15, -0.1) is 0 Å². The Hall–Kier alpha value is -2.77. The van der Waals surface area contributed by atoms with Gasteiger partial charge in [0.05, 0.1) is 25.2 Å². The van der Waals surface area contributed by atoms with E-state index >= 15 is 0 Å². The third-order valence-corrected chi connectivity index (χ3v) is 3.07. The van der Waals surface area contributed by atoms with Crippen LogP contribution in [0.3, 0.4) is 0 Å². The number of hydrogen-bond acceptors (Lipinski definition) is 9. The van der Waals surface area contributed by atoms with E-state index in [0.29, 0.717) is 0 Å². The van der Waals surface area contributed by atoms with Crippen molar-refractivity contribution in [2.45, 2.75) is 37.6 Å². The van der Waals surface area contributed by atoms with Gasteiger partial charge in [-0.25, -0.2) is 4.79 Å². The van der Waals surface area contributed by atoms with E-state index < -0.39 is 48.7 Å². The first-order valence-electron chi connectivity index (χ1n) is 7.18. The molecule has 0 bridgehead atoms. The van der Waals surface area contributed by atoms with Crippen molar-refractivity contribution in [1.82, 2.24) is 20.8 Å². The van der Waals surface area contributed by atoms with Crippen LogP contribution in [0.4, 0.5) is 4.79 Å². The van der Waals surface area contributed by atoms with Crippen molar-refractivity contribution in [2.24, 2.45) is 17.2 Å². The lowest BCUT2D eigenvalue weighted by Crippen LogP contribution is -2.54. The minimum Gasteiger partial charge on any atom is -0.394 e. The molecule has 0 aliphatic carbocycles. The fraction of sp³-hybridized carbons (Fsp3) is 0.583. The number of hydrogen-bond donors (Lipinski definition) is 7. The van der Waals surface area contributed by atoms with E-state index in [9.17, 15) is 19.5 Å². The molecule has 0 saturated heterocycles. The second-order valence-corrected chi connectivity index (χ2v) is 5.24. The van der Waals surface area contributed by atoms with Gasteiger partial charge in [-0.1, -0.05) is 5.16 Å². The molecule has 1 rings (SSSR count). The van der Waals surface area contributed by atoms with Crippen LogP contribution >= 0.6 is 0 Å². The molecule has 10 N–H and O–H groups in total. The third-order valence-electron chi connectivity index (χ3n) is 3.07. The minimum absolute atomic E-state index is 0.0341. The molecule has 0 fully saturated rings. The van der Waals surface area contributed by atoms with Crippen LogP contribution in [-0.2, 0) is 9.59 Å². The topological polar surface area (TPSA) is 233 Å². The van der Waals surface area contributed by atoms with Crippen LogP contribution in [-0.4, -0.2) is 57.0 Å². The van der Waals surface area contributed by atoms with Gasteiger partial charge in [0, 0.05) is 0 Å². The zero-order valence-electron chi connectivity index (χ0n) is 13.4. The molecular weight excluding hydrogens is 338 g/mol. The van der Waals surface area contributed by atoms with Crippen LogP contribution < -0.4 is 27.8 Å². The number of nitrogens with zero attached hydrogens (tertiary/aromatic N) is 2. The molecule has 13 heteroatoms. The van der Waals surface area contributed by atoms with E-state index in [1.54, 1.807) is 0 Å². The Morgan fingerprint density at radius 2 is 1.92 bits per heavy atom. The lowest BCUT2D eigenvalue weighted by atomic mass is 10.1. The average Bonchev–Trinajstić information content (AvgIpc) is 3.00. The maximum atomic E-state index is 12.0. The zero-order valence-corrected chi connectivity index (χ0v) is 13.4. The van der Waals surface area contributed by atoms with Crippen molar-refractivity contribution in [1.29, 1.82) is 0 Å². The van der Waals surface area contributed by atoms with Gasteiger partial charge in [0.15, 0.2) is 5.82 Å². The highest BCUT2D eigenvalue weighted by Crippen LogP contribution is 2.16. The van der Waals surface area contributed by atoms with E-state index in [-0.39, 0.29) is 18.1 Å². The van der Waals surface area contributed by atoms with Crippen molar-refractivity contribution in [3.63, 3.8) is 0 Å². The molecule has 25 heavy (non-hydrogen) atoms. The summed E-state index contributed by atoms with van der Waals surface area (Å²) in [6.07, 6.45) is -1.63. The molecule has 4 atom stereocenters. The van der Waals surface area contributed by atoms with Gasteiger partial charge >= 0.3 is 6.03 Å². The summed E-state index contributed by atoms with van der Waals surface area (Å²) in [5.74, 6) is -1.95. The lowest BCUT2D eigenvalue weighted by Gasteiger charge is -2.20. The zero-order chi connectivity index (χ0) is 19.1. The highest BCUT2D eigenvalue weighted by Gasteiger charge is 2.28. The number of urea groups is 1. The van der Waals surface area contributed by atoms with Crippen LogP contribution in [0, 0.1) is 0 Å². The summed E-state index contributed by atoms with van der Waals surface area (Å²) < 4.78 is 4.91. The molecule has 0 aromatic carbocycles. The normalized spacial score (nSPS) is 15.7. The smallest absolute Gasteiger partial charge is 0.316 e. The highest BCUT2D eigenvalue weighted by atomic mass is 16.5. The van der Waals surface area contributed by atoms with Crippen LogP contribution in [0.1, 0.15) is 37.1 Å². The quantitative estimate of drug-likeness (QED) is 0.231. The van der Waals surface area contributed by atoms with Gasteiger partial charge in [-0.3, -0.25) is 9.59 Å². The molecule has 140 valence electrons. The predicted octanol–water partition coefficient (Wildman–Crippen LogP) is -3.49. The van der Waals surface area contributed by atoms with Crippen molar-refractivity contribution in [3.8, 4) is 0 Å². The number of nitrogens with one attached hydrogen (secondary N) is 2. The van der Waals surface area contributed by atoms with Gasteiger partial charge < -0.3 is 42.6 Å². The first-order chi connectivity index (χ1) is 11.6. The molecule has 1 aromatic heterocycles. The Morgan fingerprint density at radius 3 is 2.40 bits per heavy atom. The second-order valence-electron chi connectivity index (χ2n) is 5.24. The summed E-state index contributed by atoms with van der Waals surface area (Å²) in [4.78, 5) is 38.2. The predicted molar refractivity (Wildman–Crippen MR) is 81.2 cm³/mol. The molecule has 13 nitrogen and oxygen atoms in total. The highest BCUT2D eigenvalue weighted by molar-refractivity contribution is 5.86. The Morgan fingerprint density at radius 1 is 1.28 bits per heavy atom. The fourth-order valence-electron chi connectivity index (χ4n) is 1.79. The monoisotopic (exact) mass is 359 g/mol. The summed E-state index contributed by atoms with van der Waals surface area (Å²) in [5, 5.41) is 26.4. The van der Waals surface area contributed by atoms with Gasteiger partial charge in [0.1, 0.15) is 12.1 Å². The molecule has 1 heterocycles. The maximum Gasteiger partial charge on any atom is 0.316 e. The Balaban J connectivity index is 2.89. The SMILES string of the molecule is CC(O)C(NC(=O)N[C@@H](CC(N)=O)c1nc([C@@H](N)CO)no1)C(N)=O. The summed E-state index contributed by atoms with van der Waals surface area (Å²) >= 11 is 0. The van der Waals surface area contributed by atoms with E-state index in [0.717, 1.165) is 0 Å². The number of carbonyl (C=O) groups is 3. The van der Waals surface area contributed by atoms with Gasteiger partial charge in [-0.05, 0) is 6.92 Å². The molecule has 0 aliphatic heterocycles. The molecular formula is C12H21N7O6. The summed E-state index contributed by atoms with van der Waals surface area (Å²) in [7, 11) is 0. The van der Waals surface area contributed by atoms with E-state index in [1.807, 2.05) is 0 Å². The Labute approximate surface area is 141 Å². The summed E-state index contributed by atoms with van der Waals surface area (Å²) in [5.41, 5.74) is 15.7. The molecule has 0 radical (unpaired) electrons. The van der Waals surface area contributed by atoms with E-state index in [2.05, 4.69) is 20.8 Å². The standard InChI is InChI=1S/C12H21N7O6/c1-4(21)8(9(15)23)17-12(24)16-6(2-7(14)22)11-18-10(19-25-11)5(13)3-20/h4-6,8,20-21H,2-3,13H2,1H3,(H2,14,22)(H2,15,23)(H2,16,17,24)/t4?,5-,6-,8?/m0/s1. The van der Waals surface area contributed by atoms with E-state index in [1.165, 1.54) is 6.92 Å². The van der Waals surface area contributed by atoms with Crippen LogP contribution in [0.25, 0.3) is 0 Å². The molecule has 1 aromatic rings. The lowest BCUT2D eigenvalue weighted by molar-refractivity contribution is -0.122. The summed E-state index contributed by atoms with van der Waals surface area (Å²) in [6.45, 7) is 0.819. The largest absolute Gasteiger partial charge is 0.394 e. The van der Waals surface area contributed by atoms with Crippen LogP contribution in [0.5, 0.6) is 0 Å².